The minimum atomic E-state index is -0.307. The van der Waals surface area contributed by atoms with Crippen LogP contribution in [0, 0.1) is 6.92 Å². The molecule has 0 unspecified atom stereocenters. The van der Waals surface area contributed by atoms with E-state index < -0.39 is 0 Å². The topological polar surface area (TPSA) is 84.6 Å². The molecule has 0 radical (unpaired) electrons. The van der Waals surface area contributed by atoms with Crippen molar-refractivity contribution in [3.8, 4) is 11.4 Å². The number of hydrogen-bond acceptors (Lipinski definition) is 6. The van der Waals surface area contributed by atoms with Crippen LogP contribution in [-0.4, -0.2) is 40.0 Å². The maximum Gasteiger partial charge on any atom is 0.269 e. The summed E-state index contributed by atoms with van der Waals surface area (Å²) in [5.41, 5.74) is 3.84. The summed E-state index contributed by atoms with van der Waals surface area (Å²) >= 11 is 6.12. The molecule has 1 N–H and O–H groups in total. The number of amides is 1. The lowest BCUT2D eigenvalue weighted by Gasteiger charge is -2.17. The summed E-state index contributed by atoms with van der Waals surface area (Å²) in [5, 5.41) is 18.4. The predicted molar refractivity (Wildman–Crippen MR) is 132 cm³/mol. The number of anilines is 2. The van der Waals surface area contributed by atoms with Gasteiger partial charge in [-0.3, -0.25) is 9.36 Å². The molecule has 0 fully saturated rings. The quantitative estimate of drug-likeness (QED) is 0.464. The normalized spacial score (nSPS) is 12.3. The Bertz CT molecular complexity index is 1400. The summed E-state index contributed by atoms with van der Waals surface area (Å²) in [5.74, 6) is 1.30. The van der Waals surface area contributed by atoms with Gasteiger partial charge in [-0.15, -0.1) is 10.2 Å². The number of aromatic nitrogens is 3. The van der Waals surface area contributed by atoms with Crippen molar-refractivity contribution in [1.82, 2.24) is 14.8 Å². The number of hydrogen-bond donors (Lipinski definition) is 1. The fourth-order valence-electron chi connectivity index (χ4n) is 3.86. The third-order valence-electron chi connectivity index (χ3n) is 5.49. The number of para-hydroxylation sites is 3. The molecule has 1 aromatic heterocycles. The average Bonchev–Trinajstić information content (AvgIpc) is 3.17. The first-order chi connectivity index (χ1) is 16.6. The number of nitrogens with one attached hydrogen (secondary N) is 1. The van der Waals surface area contributed by atoms with E-state index in [-0.39, 0.29) is 12.5 Å². The van der Waals surface area contributed by atoms with Crippen molar-refractivity contribution in [2.75, 3.05) is 24.0 Å². The van der Waals surface area contributed by atoms with Gasteiger partial charge in [-0.25, -0.2) is 0 Å². The third-order valence-corrected chi connectivity index (χ3v) is 5.74. The minimum absolute atomic E-state index is 0.0278. The molecule has 34 heavy (non-hydrogen) atoms. The summed E-state index contributed by atoms with van der Waals surface area (Å²) < 4.78 is 7.21. The lowest BCUT2D eigenvalue weighted by atomic mass is 10.0. The molecular weight excluding hydrogens is 452 g/mol. The number of rotatable bonds is 5. The molecule has 0 spiro atoms. The molecule has 0 bridgehead atoms. The van der Waals surface area contributed by atoms with Gasteiger partial charge < -0.3 is 10.1 Å². The SMILES string of the molecule is COc1ccccc1NCC(=O)N1N=C(c2ccc(Cl)cc2)c2ccccc2-n2c(C)nnc21. The number of aryl methyl sites for hydroxylation is 1. The number of hydrazone groups is 1. The highest BCUT2D eigenvalue weighted by molar-refractivity contribution is 6.30. The fraction of sp³-hybridized carbons (Fsp3) is 0.120. The summed E-state index contributed by atoms with van der Waals surface area (Å²) in [6.07, 6.45) is 0. The van der Waals surface area contributed by atoms with E-state index in [1.54, 1.807) is 19.2 Å². The van der Waals surface area contributed by atoms with Crippen molar-refractivity contribution >= 4 is 34.9 Å². The second-order valence-electron chi connectivity index (χ2n) is 7.61. The van der Waals surface area contributed by atoms with Crippen molar-refractivity contribution in [3.05, 3.63) is 94.8 Å². The van der Waals surface area contributed by atoms with Crippen molar-refractivity contribution in [3.63, 3.8) is 0 Å². The summed E-state index contributed by atoms with van der Waals surface area (Å²) in [7, 11) is 1.59. The molecule has 3 aromatic carbocycles. The van der Waals surface area contributed by atoms with Crippen LogP contribution in [0.1, 0.15) is 17.0 Å². The van der Waals surface area contributed by atoms with Crippen LogP contribution in [0.5, 0.6) is 5.75 Å². The molecule has 0 saturated carbocycles. The molecule has 0 saturated heterocycles. The Labute approximate surface area is 201 Å². The Kier molecular flexibility index (Phi) is 5.73. The number of fused-ring (bicyclic) bond motifs is 3. The Hall–Kier alpha value is -4.17. The maximum atomic E-state index is 13.5. The number of carbonyl (C=O) groups excluding carboxylic acids is 1. The van der Waals surface area contributed by atoms with E-state index in [0.717, 1.165) is 16.8 Å². The molecule has 0 atom stereocenters. The summed E-state index contributed by atoms with van der Waals surface area (Å²) in [6, 6.07) is 22.6. The van der Waals surface area contributed by atoms with Crippen LogP contribution in [0.4, 0.5) is 11.6 Å². The van der Waals surface area contributed by atoms with Crippen molar-refractivity contribution in [2.24, 2.45) is 5.10 Å². The van der Waals surface area contributed by atoms with Gasteiger partial charge in [0.25, 0.3) is 11.9 Å². The van der Waals surface area contributed by atoms with Gasteiger partial charge in [-0.05, 0) is 37.3 Å². The van der Waals surface area contributed by atoms with Gasteiger partial charge in [0.1, 0.15) is 17.3 Å². The van der Waals surface area contributed by atoms with Gasteiger partial charge in [0.05, 0.1) is 25.0 Å². The van der Waals surface area contributed by atoms with Crippen LogP contribution in [-0.2, 0) is 4.79 Å². The number of methoxy groups -OCH3 is 1. The standard InChI is InChI=1S/C25H21ClN6O2/c1-16-28-29-25-31(16)21-9-5-3-7-19(21)24(17-11-13-18(26)14-12-17)30-32(25)23(33)15-27-20-8-4-6-10-22(20)34-2/h3-14,27H,15H2,1-2H3. The van der Waals surface area contributed by atoms with Crippen molar-refractivity contribution < 1.29 is 9.53 Å². The molecule has 1 amide bonds. The van der Waals surface area contributed by atoms with Crippen molar-refractivity contribution in [2.45, 2.75) is 6.92 Å². The molecule has 1 aliphatic heterocycles. The van der Waals surface area contributed by atoms with Gasteiger partial charge in [0.2, 0.25) is 0 Å². The zero-order chi connectivity index (χ0) is 23.7. The predicted octanol–water partition coefficient (Wildman–Crippen LogP) is 4.45. The number of benzene rings is 3. The Morgan fingerprint density at radius 3 is 2.53 bits per heavy atom. The first kappa shape index (κ1) is 21.7. The second kappa shape index (κ2) is 8.99. The molecule has 170 valence electrons. The van der Waals surface area contributed by atoms with Crippen LogP contribution in [0.25, 0.3) is 5.69 Å². The molecule has 4 aromatic rings. The van der Waals surface area contributed by atoms with E-state index in [9.17, 15) is 4.79 Å². The molecule has 2 heterocycles. The summed E-state index contributed by atoms with van der Waals surface area (Å²) in [4.78, 5) is 13.5. The zero-order valence-corrected chi connectivity index (χ0v) is 19.3. The first-order valence-corrected chi connectivity index (χ1v) is 11.0. The van der Waals surface area contributed by atoms with Gasteiger partial charge in [0.15, 0.2) is 0 Å². The number of ether oxygens (including phenoxy) is 1. The monoisotopic (exact) mass is 472 g/mol. The molecule has 0 aliphatic carbocycles. The second-order valence-corrected chi connectivity index (χ2v) is 8.05. The van der Waals surface area contributed by atoms with Gasteiger partial charge in [-0.2, -0.15) is 10.1 Å². The zero-order valence-electron chi connectivity index (χ0n) is 18.6. The van der Waals surface area contributed by atoms with E-state index in [1.165, 1.54) is 5.01 Å². The maximum absolute atomic E-state index is 13.5. The van der Waals surface area contributed by atoms with E-state index >= 15 is 0 Å². The molecule has 1 aliphatic rings. The summed E-state index contributed by atoms with van der Waals surface area (Å²) in [6.45, 7) is 1.82. The van der Waals surface area contributed by atoms with Crippen LogP contribution < -0.4 is 15.1 Å². The van der Waals surface area contributed by atoms with Gasteiger partial charge in [0, 0.05) is 16.1 Å². The average molecular weight is 473 g/mol. The Morgan fingerprint density at radius 2 is 1.74 bits per heavy atom. The number of nitrogens with zero attached hydrogens (tertiary/aromatic N) is 5. The number of carbonyl (C=O) groups is 1. The fourth-order valence-corrected chi connectivity index (χ4v) is 3.99. The Balaban J connectivity index is 1.59. The van der Waals surface area contributed by atoms with E-state index in [2.05, 4.69) is 15.5 Å². The van der Waals surface area contributed by atoms with Crippen LogP contribution in [0.15, 0.2) is 77.9 Å². The lowest BCUT2D eigenvalue weighted by molar-refractivity contribution is -0.117. The van der Waals surface area contributed by atoms with Crippen molar-refractivity contribution in [1.29, 1.82) is 0 Å². The highest BCUT2D eigenvalue weighted by atomic mass is 35.5. The third kappa shape index (κ3) is 3.88. The van der Waals surface area contributed by atoms with Gasteiger partial charge in [-0.1, -0.05) is 54.1 Å². The van der Waals surface area contributed by atoms with E-state index in [1.807, 2.05) is 72.2 Å². The number of halogens is 1. The smallest absolute Gasteiger partial charge is 0.269 e. The lowest BCUT2D eigenvalue weighted by Crippen LogP contribution is -2.33. The van der Waals surface area contributed by atoms with Crippen LogP contribution >= 0.6 is 11.6 Å². The largest absolute Gasteiger partial charge is 0.495 e. The minimum Gasteiger partial charge on any atom is -0.495 e. The molecular formula is C25H21ClN6O2. The molecule has 8 nitrogen and oxygen atoms in total. The first-order valence-electron chi connectivity index (χ1n) is 10.6. The Morgan fingerprint density at radius 1 is 1.00 bits per heavy atom. The van der Waals surface area contributed by atoms with Crippen LogP contribution in [0.2, 0.25) is 5.02 Å². The van der Waals surface area contributed by atoms with E-state index in [0.29, 0.717) is 33.9 Å². The molecule has 9 heteroatoms. The van der Waals surface area contributed by atoms with E-state index in [4.69, 9.17) is 21.4 Å². The van der Waals surface area contributed by atoms with Gasteiger partial charge >= 0.3 is 0 Å². The molecule has 5 rings (SSSR count). The van der Waals surface area contributed by atoms with Crippen LogP contribution in [0.3, 0.4) is 0 Å². The highest BCUT2D eigenvalue weighted by Gasteiger charge is 2.30. The highest BCUT2D eigenvalue weighted by Crippen LogP contribution is 2.30.